The van der Waals surface area contributed by atoms with Gasteiger partial charge in [0.1, 0.15) is 10.2 Å². The Hall–Kier alpha value is -2.67. The fraction of sp³-hybridized carbons (Fsp3) is 0.435. The molecule has 1 aliphatic heterocycles. The number of thiophene rings is 1. The van der Waals surface area contributed by atoms with E-state index in [1.54, 1.807) is 10.9 Å². The van der Waals surface area contributed by atoms with E-state index < -0.39 is 0 Å². The number of hydrogen-bond acceptors (Lipinski definition) is 5. The quantitative estimate of drug-likeness (QED) is 0.639. The van der Waals surface area contributed by atoms with Crippen molar-refractivity contribution in [3.63, 3.8) is 0 Å². The van der Waals surface area contributed by atoms with Crippen LogP contribution in [0.5, 0.6) is 0 Å². The van der Waals surface area contributed by atoms with Crippen LogP contribution in [-0.4, -0.2) is 46.5 Å². The van der Waals surface area contributed by atoms with E-state index in [1.165, 1.54) is 28.2 Å². The number of carbonyl (C=O) groups is 1. The lowest BCUT2D eigenvalue weighted by atomic mass is 10.1. The van der Waals surface area contributed by atoms with E-state index in [1.807, 2.05) is 25.7 Å². The van der Waals surface area contributed by atoms with Gasteiger partial charge in [-0.1, -0.05) is 12.1 Å². The van der Waals surface area contributed by atoms with Crippen molar-refractivity contribution in [2.45, 2.75) is 40.7 Å². The largest absolute Gasteiger partial charge is 0.368 e. The van der Waals surface area contributed by atoms with Crippen LogP contribution in [0.25, 0.3) is 10.2 Å². The number of fused-ring (bicyclic) bond motifs is 1. The number of benzene rings is 1. The van der Waals surface area contributed by atoms with E-state index >= 15 is 0 Å². The Morgan fingerprint density at radius 1 is 1.10 bits per heavy atom. The Balaban J connectivity index is 1.58. The number of piperazine rings is 1. The lowest BCUT2D eigenvalue weighted by Gasteiger charge is -2.37. The maximum Gasteiger partial charge on any atom is 0.271 e. The van der Waals surface area contributed by atoms with Gasteiger partial charge in [0, 0.05) is 42.8 Å². The molecule has 0 unspecified atom stereocenters. The molecule has 1 saturated heterocycles. The molecule has 30 heavy (non-hydrogen) atoms. The molecule has 4 rings (SSSR count). The first-order valence-electron chi connectivity index (χ1n) is 10.4. The van der Waals surface area contributed by atoms with Crippen molar-refractivity contribution >= 4 is 33.1 Å². The summed E-state index contributed by atoms with van der Waals surface area (Å²) >= 11 is 1.38. The van der Waals surface area contributed by atoms with Gasteiger partial charge in [0.15, 0.2) is 0 Å². The summed E-state index contributed by atoms with van der Waals surface area (Å²) in [5.74, 6) is -0.0199. The average Bonchev–Trinajstić information content (AvgIpc) is 3.06. The first-order chi connectivity index (χ1) is 14.3. The van der Waals surface area contributed by atoms with Crippen LogP contribution in [0.3, 0.4) is 0 Å². The van der Waals surface area contributed by atoms with Crippen molar-refractivity contribution in [2.75, 3.05) is 31.1 Å². The van der Waals surface area contributed by atoms with Gasteiger partial charge in [-0.05, 0) is 51.8 Å². The van der Waals surface area contributed by atoms with E-state index in [-0.39, 0.29) is 17.5 Å². The van der Waals surface area contributed by atoms with E-state index in [2.05, 4.69) is 41.9 Å². The summed E-state index contributed by atoms with van der Waals surface area (Å²) in [5.41, 5.74) is 4.88. The molecule has 1 aliphatic rings. The number of nitrogens with zero attached hydrogens (tertiary/aromatic N) is 4. The molecular formula is C23H28N4O2S. The third-order valence-corrected chi connectivity index (χ3v) is 7.14. The summed E-state index contributed by atoms with van der Waals surface area (Å²) in [7, 11) is 0. The minimum absolute atomic E-state index is 0.0199. The Morgan fingerprint density at radius 3 is 2.47 bits per heavy atom. The van der Waals surface area contributed by atoms with Crippen LogP contribution in [0, 0.1) is 20.8 Å². The van der Waals surface area contributed by atoms with Crippen LogP contribution in [-0.2, 0) is 0 Å². The molecule has 0 aliphatic carbocycles. The normalized spacial score (nSPS) is 14.7. The molecule has 7 heteroatoms. The highest BCUT2D eigenvalue weighted by molar-refractivity contribution is 7.19. The first kappa shape index (κ1) is 20.6. The lowest BCUT2D eigenvalue weighted by molar-refractivity contribution is 0.0748. The maximum absolute atomic E-state index is 13.4. The third-order valence-electron chi connectivity index (χ3n) is 6.05. The molecule has 3 aromatic rings. The van der Waals surface area contributed by atoms with Crippen LogP contribution in [0.4, 0.5) is 5.69 Å². The summed E-state index contributed by atoms with van der Waals surface area (Å²) < 4.78 is 2.19. The van der Waals surface area contributed by atoms with Gasteiger partial charge < -0.3 is 9.80 Å². The van der Waals surface area contributed by atoms with Gasteiger partial charge in [-0.25, -0.2) is 4.98 Å². The number of aromatic nitrogens is 2. The highest BCUT2D eigenvalue weighted by Gasteiger charge is 2.28. The SMILES string of the molecule is Cc1cccc(N2CCN(C(=O)c3c(C)sc4c(=O)n(C(C)C)cnc34)CC2)c1C. The summed E-state index contributed by atoms with van der Waals surface area (Å²) in [4.78, 5) is 35.8. The van der Waals surface area contributed by atoms with Crippen LogP contribution >= 0.6 is 11.3 Å². The second kappa shape index (κ2) is 7.87. The summed E-state index contributed by atoms with van der Waals surface area (Å²) in [6.45, 7) is 13.0. The molecule has 1 aromatic carbocycles. The third kappa shape index (κ3) is 3.41. The molecule has 0 bridgehead atoms. The van der Waals surface area contributed by atoms with Crippen molar-refractivity contribution in [3.05, 3.63) is 56.4 Å². The van der Waals surface area contributed by atoms with Crippen molar-refractivity contribution in [1.82, 2.24) is 14.5 Å². The zero-order valence-corrected chi connectivity index (χ0v) is 19.0. The van der Waals surface area contributed by atoms with Gasteiger partial charge >= 0.3 is 0 Å². The predicted molar refractivity (Wildman–Crippen MR) is 123 cm³/mol. The Labute approximate surface area is 180 Å². The predicted octanol–water partition coefficient (Wildman–Crippen LogP) is 3.93. The number of carbonyl (C=O) groups excluding carboxylic acids is 1. The van der Waals surface area contributed by atoms with Crippen LogP contribution in [0.1, 0.15) is 46.3 Å². The number of amides is 1. The van der Waals surface area contributed by atoms with Crippen LogP contribution in [0.2, 0.25) is 0 Å². The second-order valence-corrected chi connectivity index (χ2v) is 9.48. The molecule has 158 valence electrons. The summed E-state index contributed by atoms with van der Waals surface area (Å²) in [6.07, 6.45) is 1.57. The van der Waals surface area contributed by atoms with Gasteiger partial charge in [-0.3, -0.25) is 14.2 Å². The first-order valence-corrected chi connectivity index (χ1v) is 11.2. The molecule has 2 aromatic heterocycles. The molecule has 0 radical (unpaired) electrons. The molecule has 1 fully saturated rings. The smallest absolute Gasteiger partial charge is 0.271 e. The zero-order chi connectivity index (χ0) is 21.6. The minimum Gasteiger partial charge on any atom is -0.368 e. The van der Waals surface area contributed by atoms with E-state index in [9.17, 15) is 9.59 Å². The molecular weight excluding hydrogens is 396 g/mol. The lowest BCUT2D eigenvalue weighted by Crippen LogP contribution is -2.49. The minimum atomic E-state index is -0.0677. The van der Waals surface area contributed by atoms with Crippen molar-refractivity contribution in [2.24, 2.45) is 0 Å². The monoisotopic (exact) mass is 424 g/mol. The van der Waals surface area contributed by atoms with Gasteiger partial charge in [0.05, 0.1) is 11.9 Å². The highest BCUT2D eigenvalue weighted by atomic mass is 32.1. The summed E-state index contributed by atoms with van der Waals surface area (Å²) in [5, 5.41) is 0. The average molecular weight is 425 g/mol. The van der Waals surface area contributed by atoms with Crippen molar-refractivity contribution < 1.29 is 4.79 Å². The number of anilines is 1. The van der Waals surface area contributed by atoms with Crippen LogP contribution in [0.15, 0.2) is 29.3 Å². The van der Waals surface area contributed by atoms with Gasteiger partial charge in [-0.15, -0.1) is 11.3 Å². The van der Waals surface area contributed by atoms with Gasteiger partial charge in [0.2, 0.25) is 0 Å². The Kier molecular flexibility index (Phi) is 5.40. The van der Waals surface area contributed by atoms with E-state index in [4.69, 9.17) is 0 Å². The Morgan fingerprint density at radius 2 is 1.80 bits per heavy atom. The molecule has 0 saturated carbocycles. The fourth-order valence-electron chi connectivity index (χ4n) is 4.10. The maximum atomic E-state index is 13.4. The number of hydrogen-bond donors (Lipinski definition) is 0. The van der Waals surface area contributed by atoms with Crippen molar-refractivity contribution in [1.29, 1.82) is 0 Å². The molecule has 0 spiro atoms. The van der Waals surface area contributed by atoms with Crippen LogP contribution < -0.4 is 10.5 Å². The molecule has 1 amide bonds. The molecule has 0 N–H and O–H groups in total. The number of aryl methyl sites for hydroxylation is 2. The topological polar surface area (TPSA) is 58.4 Å². The fourth-order valence-corrected chi connectivity index (χ4v) is 5.13. The second-order valence-electron chi connectivity index (χ2n) is 8.26. The summed E-state index contributed by atoms with van der Waals surface area (Å²) in [6, 6.07) is 6.41. The van der Waals surface area contributed by atoms with E-state index in [0.717, 1.165) is 18.0 Å². The Bertz CT molecular complexity index is 1170. The molecule has 6 nitrogen and oxygen atoms in total. The molecule has 0 atom stereocenters. The van der Waals surface area contributed by atoms with Gasteiger partial charge in [0.25, 0.3) is 11.5 Å². The standard InChI is InChI=1S/C23H28N4O2S/c1-14(2)27-13-24-20-19(17(5)30-21(20)23(27)29)22(28)26-11-9-25(10-12-26)18-8-6-7-15(3)16(18)4/h6-8,13-14H,9-12H2,1-5H3. The number of rotatable bonds is 3. The van der Waals surface area contributed by atoms with E-state index in [0.29, 0.717) is 28.9 Å². The zero-order valence-electron chi connectivity index (χ0n) is 18.2. The van der Waals surface area contributed by atoms with Crippen molar-refractivity contribution in [3.8, 4) is 0 Å². The highest BCUT2D eigenvalue weighted by Crippen LogP contribution is 2.29. The molecule has 3 heterocycles. The van der Waals surface area contributed by atoms with Gasteiger partial charge in [-0.2, -0.15) is 0 Å².